The van der Waals surface area contributed by atoms with Crippen LogP contribution in [0.25, 0.3) is 0 Å². The number of ketones is 1. The summed E-state index contributed by atoms with van der Waals surface area (Å²) < 4.78 is 5.08. The maximum Gasteiger partial charge on any atom is 0.158 e. The summed E-state index contributed by atoms with van der Waals surface area (Å²) in [6.45, 7) is 7.61. The van der Waals surface area contributed by atoms with Gasteiger partial charge in [0.25, 0.3) is 0 Å². The molecular weight excluding hydrogens is 332 g/mol. The van der Waals surface area contributed by atoms with Gasteiger partial charge in [-0.15, -0.1) is 0 Å². The number of Topliss-reactive ketones (excluding diaryl/α,β-unsaturated/α-hetero) is 1. The Morgan fingerprint density at radius 3 is 1.70 bits per heavy atom. The van der Waals surface area contributed by atoms with Crippen molar-refractivity contribution in [2.75, 3.05) is 13.7 Å². The summed E-state index contributed by atoms with van der Waals surface area (Å²) in [6.07, 6.45) is 20.6. The lowest BCUT2D eigenvalue weighted by molar-refractivity contribution is -0.116. The van der Waals surface area contributed by atoms with Crippen LogP contribution < -0.4 is 0 Å². The summed E-state index contributed by atoms with van der Waals surface area (Å²) in [5, 5.41) is 0. The number of ether oxygens (including phenoxy) is 1. The molecule has 0 saturated heterocycles. The smallest absolute Gasteiger partial charge is 0.158 e. The highest BCUT2D eigenvalue weighted by atomic mass is 16.5. The van der Waals surface area contributed by atoms with Crippen molar-refractivity contribution >= 4 is 5.78 Å². The normalized spacial score (nSPS) is 17.0. The van der Waals surface area contributed by atoms with E-state index in [1.54, 1.807) is 7.11 Å². The molecule has 0 aromatic rings. The first kappa shape index (κ1) is 24.4. The number of carbonyl (C=O) groups excluding carboxylic acids is 1. The highest BCUT2D eigenvalue weighted by Gasteiger charge is 2.31. The minimum absolute atomic E-state index is 0.238. The van der Waals surface area contributed by atoms with Crippen LogP contribution in [-0.2, 0) is 9.53 Å². The zero-order chi connectivity index (χ0) is 20.0. The highest BCUT2D eigenvalue weighted by molar-refractivity contribution is 5.96. The average Bonchev–Trinajstić information content (AvgIpc) is 2.64. The Hall–Kier alpha value is -0.630. The minimum Gasteiger partial charge on any atom is -0.385 e. The van der Waals surface area contributed by atoms with E-state index in [1.807, 2.05) is 0 Å². The van der Waals surface area contributed by atoms with Gasteiger partial charge >= 0.3 is 0 Å². The molecule has 0 bridgehead atoms. The SMILES string of the molecule is COCCCCCCCCCCCCCCCC1=C(C)C(=O)CCC1(C)C. The van der Waals surface area contributed by atoms with Crippen molar-refractivity contribution < 1.29 is 9.53 Å². The number of allylic oxidation sites excluding steroid dienone is 2. The lowest BCUT2D eigenvalue weighted by atomic mass is 9.70. The van der Waals surface area contributed by atoms with E-state index in [-0.39, 0.29) is 5.41 Å². The summed E-state index contributed by atoms with van der Waals surface area (Å²) in [7, 11) is 1.79. The molecule has 0 saturated carbocycles. The third-order valence-corrected chi connectivity index (χ3v) is 6.44. The van der Waals surface area contributed by atoms with Gasteiger partial charge < -0.3 is 4.74 Å². The standard InChI is InChI=1S/C25H46O2/c1-22-23(25(2,3)20-19-24(22)26)18-16-14-12-10-8-6-5-7-9-11-13-15-17-21-27-4/h5-21H2,1-4H3. The molecule has 0 aliphatic heterocycles. The predicted octanol–water partition coefficient (Wildman–Crippen LogP) is 7.80. The largest absolute Gasteiger partial charge is 0.385 e. The second-order valence-electron chi connectivity index (χ2n) is 9.25. The van der Waals surface area contributed by atoms with E-state index in [0.717, 1.165) is 31.4 Å². The van der Waals surface area contributed by atoms with Crippen LogP contribution in [0.5, 0.6) is 0 Å². The Kier molecular flexibility index (Phi) is 13.0. The van der Waals surface area contributed by atoms with Crippen molar-refractivity contribution in [3.63, 3.8) is 0 Å². The van der Waals surface area contributed by atoms with Gasteiger partial charge in [0.2, 0.25) is 0 Å². The van der Waals surface area contributed by atoms with Crippen LogP contribution in [0.4, 0.5) is 0 Å². The van der Waals surface area contributed by atoms with Crippen molar-refractivity contribution in [1.82, 2.24) is 0 Å². The molecule has 0 fully saturated rings. The van der Waals surface area contributed by atoms with Crippen LogP contribution in [0.15, 0.2) is 11.1 Å². The van der Waals surface area contributed by atoms with Crippen molar-refractivity contribution in [3.05, 3.63) is 11.1 Å². The molecule has 0 aromatic heterocycles. The fraction of sp³-hybridized carbons (Fsp3) is 0.880. The van der Waals surface area contributed by atoms with Gasteiger partial charge in [-0.05, 0) is 43.6 Å². The first-order valence-electron chi connectivity index (χ1n) is 11.7. The average molecular weight is 379 g/mol. The van der Waals surface area contributed by atoms with E-state index in [0.29, 0.717) is 5.78 Å². The third kappa shape index (κ3) is 10.5. The van der Waals surface area contributed by atoms with Crippen LogP contribution in [0.3, 0.4) is 0 Å². The molecule has 1 aliphatic rings. The van der Waals surface area contributed by atoms with E-state index in [1.165, 1.54) is 89.0 Å². The lowest BCUT2D eigenvalue weighted by Crippen LogP contribution is -2.25. The molecule has 0 atom stereocenters. The van der Waals surface area contributed by atoms with Crippen LogP contribution in [0.2, 0.25) is 0 Å². The number of carbonyl (C=O) groups is 1. The molecule has 0 aromatic carbocycles. The molecular formula is C25H46O2. The topological polar surface area (TPSA) is 26.3 Å². The third-order valence-electron chi connectivity index (χ3n) is 6.44. The van der Waals surface area contributed by atoms with E-state index in [9.17, 15) is 4.79 Å². The van der Waals surface area contributed by atoms with Crippen LogP contribution in [0.1, 0.15) is 124 Å². The maximum absolute atomic E-state index is 12.0. The summed E-state index contributed by atoms with van der Waals surface area (Å²) in [4.78, 5) is 12.0. The molecule has 0 unspecified atom stereocenters. The summed E-state index contributed by atoms with van der Waals surface area (Å²) in [6, 6.07) is 0. The predicted molar refractivity (Wildman–Crippen MR) is 117 cm³/mol. The first-order chi connectivity index (χ1) is 13.0. The number of hydrogen-bond acceptors (Lipinski definition) is 2. The Morgan fingerprint density at radius 2 is 1.22 bits per heavy atom. The van der Waals surface area contributed by atoms with Crippen molar-refractivity contribution in [2.45, 2.75) is 124 Å². The van der Waals surface area contributed by atoms with E-state index in [4.69, 9.17) is 4.74 Å². The molecule has 1 rings (SSSR count). The van der Waals surface area contributed by atoms with Gasteiger partial charge in [-0.1, -0.05) is 90.0 Å². The number of hydrogen-bond donors (Lipinski definition) is 0. The second kappa shape index (κ2) is 14.4. The zero-order valence-corrected chi connectivity index (χ0v) is 18.8. The molecule has 0 heterocycles. The monoisotopic (exact) mass is 378 g/mol. The molecule has 158 valence electrons. The fourth-order valence-corrected chi connectivity index (χ4v) is 4.46. The zero-order valence-electron chi connectivity index (χ0n) is 18.8. The fourth-order valence-electron chi connectivity index (χ4n) is 4.46. The number of rotatable bonds is 16. The van der Waals surface area contributed by atoms with Crippen molar-refractivity contribution in [1.29, 1.82) is 0 Å². The van der Waals surface area contributed by atoms with Gasteiger partial charge in [0, 0.05) is 20.1 Å². The van der Waals surface area contributed by atoms with Gasteiger partial charge in [-0.3, -0.25) is 4.79 Å². The van der Waals surface area contributed by atoms with Gasteiger partial charge in [0.05, 0.1) is 0 Å². The van der Waals surface area contributed by atoms with Gasteiger partial charge in [0.15, 0.2) is 5.78 Å². The molecule has 2 nitrogen and oxygen atoms in total. The Bertz CT molecular complexity index is 434. The first-order valence-corrected chi connectivity index (χ1v) is 11.7. The minimum atomic E-state index is 0.238. The number of unbranched alkanes of at least 4 members (excludes halogenated alkanes) is 12. The molecule has 0 N–H and O–H groups in total. The second-order valence-corrected chi connectivity index (χ2v) is 9.25. The van der Waals surface area contributed by atoms with Crippen molar-refractivity contribution in [3.8, 4) is 0 Å². The molecule has 0 amide bonds. The molecule has 27 heavy (non-hydrogen) atoms. The Labute approximate surface area is 169 Å². The Morgan fingerprint density at radius 1 is 0.778 bits per heavy atom. The van der Waals surface area contributed by atoms with Gasteiger partial charge in [-0.2, -0.15) is 0 Å². The molecule has 2 heteroatoms. The summed E-state index contributed by atoms with van der Waals surface area (Å²) >= 11 is 0. The molecule has 0 radical (unpaired) electrons. The quantitative estimate of drug-likeness (QED) is 0.256. The lowest BCUT2D eigenvalue weighted by Gasteiger charge is -2.34. The van der Waals surface area contributed by atoms with Crippen LogP contribution >= 0.6 is 0 Å². The summed E-state index contributed by atoms with van der Waals surface area (Å²) in [5.74, 6) is 0.388. The number of methoxy groups -OCH3 is 1. The van der Waals surface area contributed by atoms with E-state index in [2.05, 4.69) is 20.8 Å². The van der Waals surface area contributed by atoms with Crippen LogP contribution in [-0.4, -0.2) is 19.5 Å². The maximum atomic E-state index is 12.0. The molecule has 1 aliphatic carbocycles. The van der Waals surface area contributed by atoms with Crippen molar-refractivity contribution in [2.24, 2.45) is 5.41 Å². The summed E-state index contributed by atoms with van der Waals surface area (Å²) in [5.41, 5.74) is 2.76. The molecule has 0 spiro atoms. The van der Waals surface area contributed by atoms with E-state index >= 15 is 0 Å². The van der Waals surface area contributed by atoms with E-state index < -0.39 is 0 Å². The Balaban J connectivity index is 1.93. The van der Waals surface area contributed by atoms with Gasteiger partial charge in [0.1, 0.15) is 0 Å². The van der Waals surface area contributed by atoms with Crippen LogP contribution in [0, 0.1) is 5.41 Å². The van der Waals surface area contributed by atoms with Gasteiger partial charge in [-0.25, -0.2) is 0 Å². The highest BCUT2D eigenvalue weighted by Crippen LogP contribution is 2.41.